The molecule has 156 valence electrons. The first kappa shape index (κ1) is 21.7. The van der Waals surface area contributed by atoms with Crippen LogP contribution in [0.25, 0.3) is 5.69 Å². The molecule has 0 aliphatic rings. The number of amides is 1. The Bertz CT molecular complexity index is 1120. The molecule has 0 aliphatic carbocycles. The third-order valence-corrected chi connectivity index (χ3v) is 5.39. The molecule has 0 fully saturated rings. The van der Waals surface area contributed by atoms with Gasteiger partial charge in [0.1, 0.15) is 11.5 Å². The molecule has 3 aromatic rings. The van der Waals surface area contributed by atoms with Crippen molar-refractivity contribution in [3.8, 4) is 17.2 Å². The van der Waals surface area contributed by atoms with E-state index in [1.165, 1.54) is 7.11 Å². The molecule has 0 atom stereocenters. The third-order valence-electron chi connectivity index (χ3n) is 4.65. The predicted octanol–water partition coefficient (Wildman–Crippen LogP) is 5.18. The number of nitrogens with one attached hydrogen (secondary N) is 1. The quantitative estimate of drug-likeness (QED) is 0.419. The van der Waals surface area contributed by atoms with Gasteiger partial charge in [0.2, 0.25) is 0 Å². The minimum atomic E-state index is -0.385. The van der Waals surface area contributed by atoms with Crippen molar-refractivity contribution in [3.05, 3.63) is 75.0 Å². The average molecular weight is 446 g/mol. The van der Waals surface area contributed by atoms with E-state index in [4.69, 9.17) is 32.7 Å². The van der Waals surface area contributed by atoms with E-state index < -0.39 is 0 Å². The molecule has 3 rings (SSSR count). The molecule has 0 bridgehead atoms. The lowest BCUT2D eigenvalue weighted by molar-refractivity contribution is 0.0952. The molecular formula is C22H21Cl2N3O3. The summed E-state index contributed by atoms with van der Waals surface area (Å²) in [6.07, 6.45) is 1.60. The molecule has 30 heavy (non-hydrogen) atoms. The molecule has 0 aliphatic heterocycles. The van der Waals surface area contributed by atoms with Crippen molar-refractivity contribution in [1.82, 2.24) is 9.99 Å². The summed E-state index contributed by atoms with van der Waals surface area (Å²) >= 11 is 12.2. The molecule has 0 saturated carbocycles. The highest BCUT2D eigenvalue weighted by molar-refractivity contribution is 6.42. The van der Waals surface area contributed by atoms with Crippen LogP contribution in [0, 0.1) is 13.8 Å². The lowest BCUT2D eigenvalue weighted by atomic mass is 10.2. The van der Waals surface area contributed by atoms with Crippen LogP contribution in [0.3, 0.4) is 0 Å². The zero-order valence-electron chi connectivity index (χ0n) is 17.0. The molecule has 1 N–H and O–H groups in total. The highest BCUT2D eigenvalue weighted by Crippen LogP contribution is 2.27. The summed E-state index contributed by atoms with van der Waals surface area (Å²) in [5.74, 6) is 0.616. The normalized spacial score (nSPS) is 11.0. The van der Waals surface area contributed by atoms with E-state index >= 15 is 0 Å². The second kappa shape index (κ2) is 9.24. The Hall–Kier alpha value is -2.96. The second-order valence-corrected chi connectivity index (χ2v) is 7.34. The van der Waals surface area contributed by atoms with Gasteiger partial charge < -0.3 is 14.0 Å². The molecule has 0 saturated heterocycles. The number of ether oxygens (including phenoxy) is 2. The van der Waals surface area contributed by atoms with Gasteiger partial charge in [-0.1, -0.05) is 23.2 Å². The minimum absolute atomic E-state index is 0.358. The van der Waals surface area contributed by atoms with Crippen molar-refractivity contribution in [3.63, 3.8) is 0 Å². The average Bonchev–Trinajstić information content (AvgIpc) is 3.02. The molecule has 1 heterocycles. The smallest absolute Gasteiger partial charge is 0.275 e. The minimum Gasteiger partial charge on any atom is -0.497 e. The molecule has 0 unspecified atom stereocenters. The first-order valence-corrected chi connectivity index (χ1v) is 9.81. The number of halogens is 2. The first-order chi connectivity index (χ1) is 14.3. The van der Waals surface area contributed by atoms with E-state index in [2.05, 4.69) is 10.5 Å². The van der Waals surface area contributed by atoms with Crippen LogP contribution in [-0.4, -0.2) is 30.9 Å². The summed E-state index contributed by atoms with van der Waals surface area (Å²) in [6.45, 7) is 3.94. The summed E-state index contributed by atoms with van der Waals surface area (Å²) in [5, 5.41) is 5.09. The van der Waals surface area contributed by atoms with Gasteiger partial charge in [0.25, 0.3) is 5.91 Å². The molecule has 8 heteroatoms. The Morgan fingerprint density at radius 3 is 2.47 bits per heavy atom. The van der Waals surface area contributed by atoms with Crippen LogP contribution in [0.2, 0.25) is 10.0 Å². The van der Waals surface area contributed by atoms with E-state index in [9.17, 15) is 4.79 Å². The number of hydrogen-bond donors (Lipinski definition) is 1. The van der Waals surface area contributed by atoms with Crippen molar-refractivity contribution in [2.45, 2.75) is 13.8 Å². The van der Waals surface area contributed by atoms with Gasteiger partial charge in [0.15, 0.2) is 0 Å². The SMILES string of the molecule is COc1ccc(C(=O)NN=Cc2cc(C)n(-c3ccc(Cl)c(Cl)c3)c2C)c(OC)c1. The zero-order valence-corrected chi connectivity index (χ0v) is 18.5. The molecule has 0 spiro atoms. The monoisotopic (exact) mass is 445 g/mol. The van der Waals surface area contributed by atoms with Crippen molar-refractivity contribution in [2.24, 2.45) is 5.10 Å². The van der Waals surface area contributed by atoms with Crippen LogP contribution in [0.1, 0.15) is 27.3 Å². The van der Waals surface area contributed by atoms with Gasteiger partial charge in [-0.3, -0.25) is 4.79 Å². The highest BCUT2D eigenvalue weighted by Gasteiger charge is 2.14. The van der Waals surface area contributed by atoms with Crippen molar-refractivity contribution < 1.29 is 14.3 Å². The van der Waals surface area contributed by atoms with Crippen LogP contribution >= 0.6 is 23.2 Å². The van der Waals surface area contributed by atoms with Crippen LogP contribution in [0.15, 0.2) is 47.6 Å². The lowest BCUT2D eigenvalue weighted by Crippen LogP contribution is -2.18. The fraction of sp³-hybridized carbons (Fsp3) is 0.182. The zero-order chi connectivity index (χ0) is 21.8. The van der Waals surface area contributed by atoms with E-state index in [0.717, 1.165) is 22.6 Å². The lowest BCUT2D eigenvalue weighted by Gasteiger charge is -2.10. The van der Waals surface area contributed by atoms with Gasteiger partial charge in [-0.2, -0.15) is 5.10 Å². The van der Waals surface area contributed by atoms with Gasteiger partial charge >= 0.3 is 0 Å². The number of carbonyl (C=O) groups excluding carboxylic acids is 1. The maximum Gasteiger partial charge on any atom is 0.275 e. The van der Waals surface area contributed by atoms with E-state index in [1.54, 1.807) is 37.6 Å². The van der Waals surface area contributed by atoms with Gasteiger partial charge in [-0.15, -0.1) is 0 Å². The number of hydrogen-bond acceptors (Lipinski definition) is 4. The number of aryl methyl sites for hydroxylation is 1. The Morgan fingerprint density at radius 2 is 1.80 bits per heavy atom. The summed E-state index contributed by atoms with van der Waals surface area (Å²) in [4.78, 5) is 12.5. The Labute approximate surface area is 185 Å². The number of nitrogens with zero attached hydrogens (tertiary/aromatic N) is 2. The first-order valence-electron chi connectivity index (χ1n) is 9.05. The molecule has 6 nitrogen and oxygen atoms in total. The summed E-state index contributed by atoms with van der Waals surface area (Å²) in [7, 11) is 3.04. The number of hydrazone groups is 1. The van der Waals surface area contributed by atoms with Crippen LogP contribution in [0.4, 0.5) is 0 Å². The van der Waals surface area contributed by atoms with Crippen LogP contribution < -0.4 is 14.9 Å². The number of methoxy groups -OCH3 is 2. The van der Waals surface area contributed by atoms with Crippen molar-refractivity contribution in [2.75, 3.05) is 14.2 Å². The predicted molar refractivity (Wildman–Crippen MR) is 120 cm³/mol. The van der Waals surface area contributed by atoms with Gasteiger partial charge in [0.05, 0.1) is 36.0 Å². The van der Waals surface area contributed by atoms with Crippen LogP contribution in [-0.2, 0) is 0 Å². The number of carbonyl (C=O) groups is 1. The topological polar surface area (TPSA) is 64.8 Å². The third kappa shape index (κ3) is 4.45. The summed E-state index contributed by atoms with van der Waals surface area (Å²) < 4.78 is 12.5. The van der Waals surface area contributed by atoms with Crippen molar-refractivity contribution in [1.29, 1.82) is 0 Å². The Balaban J connectivity index is 1.80. The number of aromatic nitrogens is 1. The van der Waals surface area contributed by atoms with Gasteiger partial charge in [-0.05, 0) is 50.2 Å². The molecule has 2 aromatic carbocycles. The summed E-state index contributed by atoms with van der Waals surface area (Å²) in [6, 6.07) is 12.4. The fourth-order valence-electron chi connectivity index (χ4n) is 3.15. The maximum absolute atomic E-state index is 12.5. The standard InChI is InChI=1S/C22H21Cl2N3O3/c1-13-9-15(14(2)27(13)16-5-8-19(23)20(24)10-16)12-25-26-22(28)18-7-6-17(29-3)11-21(18)30-4/h5-12H,1-4H3,(H,26,28). The van der Waals surface area contributed by atoms with Crippen LogP contribution in [0.5, 0.6) is 11.5 Å². The molecular weight excluding hydrogens is 425 g/mol. The van der Waals surface area contributed by atoms with E-state index in [-0.39, 0.29) is 5.91 Å². The number of benzene rings is 2. The Morgan fingerprint density at radius 1 is 1.03 bits per heavy atom. The fourth-order valence-corrected chi connectivity index (χ4v) is 3.44. The highest BCUT2D eigenvalue weighted by atomic mass is 35.5. The molecule has 1 aromatic heterocycles. The van der Waals surface area contributed by atoms with Gasteiger partial charge in [-0.25, -0.2) is 5.43 Å². The van der Waals surface area contributed by atoms with E-state index in [0.29, 0.717) is 27.1 Å². The Kier molecular flexibility index (Phi) is 6.70. The largest absolute Gasteiger partial charge is 0.497 e. The van der Waals surface area contributed by atoms with Crippen molar-refractivity contribution >= 4 is 35.3 Å². The second-order valence-electron chi connectivity index (χ2n) is 6.53. The summed E-state index contributed by atoms with van der Waals surface area (Å²) in [5.41, 5.74) is 6.59. The van der Waals surface area contributed by atoms with Gasteiger partial charge in [0, 0.05) is 28.7 Å². The van der Waals surface area contributed by atoms with E-state index in [1.807, 2.05) is 36.6 Å². The maximum atomic E-state index is 12.5. The number of rotatable bonds is 6. The molecule has 1 amide bonds. The molecule has 0 radical (unpaired) electrons.